The first-order valence-electron chi connectivity index (χ1n) is 9.98. The van der Waals surface area contributed by atoms with Crippen molar-refractivity contribution in [2.24, 2.45) is 11.8 Å². The molecule has 6 nitrogen and oxygen atoms in total. The zero-order chi connectivity index (χ0) is 19.4. The van der Waals surface area contributed by atoms with Crippen molar-refractivity contribution >= 4 is 0 Å². The van der Waals surface area contributed by atoms with Gasteiger partial charge in [0.15, 0.2) is 0 Å². The third-order valence-electron chi connectivity index (χ3n) is 4.01. The van der Waals surface area contributed by atoms with Crippen LogP contribution < -0.4 is 0 Å². The first kappa shape index (κ1) is 23.8. The van der Waals surface area contributed by atoms with Gasteiger partial charge in [-0.05, 0) is 27.7 Å². The molecule has 0 aromatic rings. The molecular weight excluding hydrogens is 336 g/mol. The van der Waals surface area contributed by atoms with Crippen molar-refractivity contribution < 1.29 is 28.4 Å². The normalized spacial score (nSPS) is 38.5. The average Bonchev–Trinajstić information content (AvgIpc) is 2.57. The van der Waals surface area contributed by atoms with Crippen LogP contribution >= 0.6 is 0 Å². The lowest BCUT2D eigenvalue weighted by Crippen LogP contribution is -2.32. The molecule has 3 aliphatic heterocycles. The molecule has 0 N–H and O–H groups in total. The van der Waals surface area contributed by atoms with Crippen LogP contribution in [0.2, 0.25) is 0 Å². The van der Waals surface area contributed by atoms with Crippen LogP contribution in [0.4, 0.5) is 0 Å². The van der Waals surface area contributed by atoms with E-state index in [1.165, 1.54) is 0 Å². The van der Waals surface area contributed by atoms with Crippen LogP contribution in [0.15, 0.2) is 0 Å². The molecule has 3 saturated heterocycles. The number of rotatable bonds is 0. The van der Waals surface area contributed by atoms with Gasteiger partial charge < -0.3 is 28.4 Å². The van der Waals surface area contributed by atoms with Crippen LogP contribution in [-0.4, -0.2) is 77.3 Å². The van der Waals surface area contributed by atoms with E-state index in [1.807, 2.05) is 27.7 Å². The van der Waals surface area contributed by atoms with E-state index >= 15 is 0 Å². The van der Waals surface area contributed by atoms with Gasteiger partial charge >= 0.3 is 0 Å². The van der Waals surface area contributed by atoms with E-state index < -0.39 is 0 Å². The molecule has 0 aromatic heterocycles. The van der Waals surface area contributed by atoms with Gasteiger partial charge in [-0.2, -0.15) is 0 Å². The number of ether oxygens (including phenoxy) is 6. The van der Waals surface area contributed by atoms with E-state index in [-0.39, 0.29) is 0 Å². The predicted molar refractivity (Wildman–Crippen MR) is 102 cm³/mol. The molecule has 3 heterocycles. The monoisotopic (exact) mass is 376 g/mol. The van der Waals surface area contributed by atoms with Gasteiger partial charge in [-0.25, -0.2) is 0 Å². The SMILES string of the molecule is CC1COC(C)CO1.CC1COCC(C)COC1.CC1COCC(C)O1. The van der Waals surface area contributed by atoms with Gasteiger partial charge in [0.25, 0.3) is 0 Å². The summed E-state index contributed by atoms with van der Waals surface area (Å²) in [6.07, 6.45) is 1.18. The summed E-state index contributed by atoms with van der Waals surface area (Å²) in [5, 5.41) is 0. The van der Waals surface area contributed by atoms with E-state index in [0.29, 0.717) is 36.3 Å². The largest absolute Gasteiger partial charge is 0.381 e. The van der Waals surface area contributed by atoms with Crippen LogP contribution in [0, 0.1) is 11.8 Å². The van der Waals surface area contributed by atoms with Gasteiger partial charge in [0.2, 0.25) is 0 Å². The fraction of sp³-hybridized carbons (Fsp3) is 1.00. The standard InChI is InChI=1S/C8H16O2.2C6H12O2/c1-7-3-9-5-8(2)6-10-4-7;1-5-3-8-6(2)4-7-5;1-5-3-7-4-6(2)8-5/h7-8H,3-6H2,1-2H3;2*5-6H,3-4H2,1-2H3. The highest BCUT2D eigenvalue weighted by Crippen LogP contribution is 2.07. The van der Waals surface area contributed by atoms with Crippen molar-refractivity contribution in [3.05, 3.63) is 0 Å². The Balaban J connectivity index is 0.000000197. The summed E-state index contributed by atoms with van der Waals surface area (Å²) in [4.78, 5) is 0. The zero-order valence-corrected chi connectivity index (χ0v) is 17.6. The third-order valence-corrected chi connectivity index (χ3v) is 4.01. The van der Waals surface area contributed by atoms with E-state index in [1.54, 1.807) is 0 Å². The summed E-state index contributed by atoms with van der Waals surface area (Å²) in [7, 11) is 0. The predicted octanol–water partition coefficient (Wildman–Crippen LogP) is 2.93. The molecule has 0 aliphatic carbocycles. The second-order valence-electron chi connectivity index (χ2n) is 7.87. The van der Waals surface area contributed by atoms with Crippen LogP contribution in [0.5, 0.6) is 0 Å². The molecule has 156 valence electrons. The smallest absolute Gasteiger partial charge is 0.0785 e. The molecule has 0 spiro atoms. The second kappa shape index (κ2) is 13.9. The Bertz CT molecular complexity index is 294. The maximum absolute atomic E-state index is 5.42. The maximum Gasteiger partial charge on any atom is 0.0785 e. The van der Waals surface area contributed by atoms with Crippen molar-refractivity contribution in [1.82, 2.24) is 0 Å². The Morgan fingerprint density at radius 3 is 1.04 bits per heavy atom. The molecule has 0 saturated carbocycles. The second-order valence-corrected chi connectivity index (χ2v) is 7.87. The molecular formula is C20H40O6. The minimum absolute atomic E-state index is 0.291. The van der Waals surface area contributed by atoms with Crippen LogP contribution in [0.3, 0.4) is 0 Å². The zero-order valence-electron chi connectivity index (χ0n) is 17.6. The lowest BCUT2D eigenvalue weighted by Gasteiger charge is -2.24. The van der Waals surface area contributed by atoms with Crippen molar-refractivity contribution in [2.75, 3.05) is 52.9 Å². The van der Waals surface area contributed by atoms with Crippen LogP contribution in [0.1, 0.15) is 41.5 Å². The third kappa shape index (κ3) is 12.2. The Labute approximate surface area is 159 Å². The molecule has 4 unspecified atom stereocenters. The van der Waals surface area contributed by atoms with Crippen LogP contribution in [-0.2, 0) is 28.4 Å². The molecule has 26 heavy (non-hydrogen) atoms. The fourth-order valence-electron chi connectivity index (χ4n) is 2.61. The molecule has 0 radical (unpaired) electrons. The minimum Gasteiger partial charge on any atom is -0.381 e. The molecule has 6 heteroatoms. The summed E-state index contributed by atoms with van der Waals surface area (Å²) < 4.78 is 31.9. The fourth-order valence-corrected chi connectivity index (χ4v) is 2.61. The topological polar surface area (TPSA) is 55.4 Å². The summed E-state index contributed by atoms with van der Waals surface area (Å²) in [5.41, 5.74) is 0. The Hall–Kier alpha value is -0.240. The van der Waals surface area contributed by atoms with Gasteiger partial charge in [0.1, 0.15) is 0 Å². The molecule has 4 atom stereocenters. The summed E-state index contributed by atoms with van der Waals surface area (Å²) in [5.74, 6) is 1.12. The molecule has 3 rings (SSSR count). The van der Waals surface area contributed by atoms with Gasteiger partial charge in [0, 0.05) is 11.8 Å². The van der Waals surface area contributed by atoms with E-state index in [9.17, 15) is 0 Å². The minimum atomic E-state index is 0.291. The van der Waals surface area contributed by atoms with Gasteiger partial charge in [-0.3, -0.25) is 0 Å². The van der Waals surface area contributed by atoms with Crippen molar-refractivity contribution in [3.63, 3.8) is 0 Å². The highest BCUT2D eigenvalue weighted by molar-refractivity contribution is 4.59. The first-order valence-corrected chi connectivity index (χ1v) is 9.98. The van der Waals surface area contributed by atoms with E-state index in [4.69, 9.17) is 28.4 Å². The molecule has 3 fully saturated rings. The van der Waals surface area contributed by atoms with E-state index in [2.05, 4.69) is 13.8 Å². The molecule has 0 aromatic carbocycles. The van der Waals surface area contributed by atoms with Crippen molar-refractivity contribution in [2.45, 2.75) is 66.0 Å². The van der Waals surface area contributed by atoms with Crippen LogP contribution in [0.25, 0.3) is 0 Å². The van der Waals surface area contributed by atoms with E-state index in [0.717, 1.165) is 52.9 Å². The van der Waals surface area contributed by atoms with Gasteiger partial charge in [-0.1, -0.05) is 13.8 Å². The Kier molecular flexibility index (Phi) is 12.7. The highest BCUT2D eigenvalue weighted by Gasteiger charge is 2.14. The Morgan fingerprint density at radius 1 is 0.423 bits per heavy atom. The number of hydrogen-bond donors (Lipinski definition) is 0. The van der Waals surface area contributed by atoms with Crippen molar-refractivity contribution in [3.8, 4) is 0 Å². The lowest BCUT2D eigenvalue weighted by molar-refractivity contribution is -0.122. The Morgan fingerprint density at radius 2 is 0.769 bits per heavy atom. The molecule has 0 bridgehead atoms. The summed E-state index contributed by atoms with van der Waals surface area (Å²) in [6, 6.07) is 0. The number of hydrogen-bond acceptors (Lipinski definition) is 6. The van der Waals surface area contributed by atoms with Gasteiger partial charge in [0.05, 0.1) is 77.3 Å². The first-order chi connectivity index (χ1) is 12.4. The quantitative estimate of drug-likeness (QED) is 0.648. The molecule has 3 aliphatic rings. The maximum atomic E-state index is 5.42. The average molecular weight is 377 g/mol. The molecule has 0 amide bonds. The van der Waals surface area contributed by atoms with Gasteiger partial charge in [-0.15, -0.1) is 0 Å². The summed E-state index contributed by atoms with van der Waals surface area (Å²) >= 11 is 0. The highest BCUT2D eigenvalue weighted by atomic mass is 16.6. The summed E-state index contributed by atoms with van der Waals surface area (Å²) in [6.45, 7) is 18.8. The van der Waals surface area contributed by atoms with Crippen molar-refractivity contribution in [1.29, 1.82) is 0 Å². The lowest BCUT2D eigenvalue weighted by atomic mass is 10.2.